The fraction of sp³-hybridized carbons (Fsp3) is 0.0952. The molecule has 4 heteroatoms. The Morgan fingerprint density at radius 3 is 2.44 bits per heavy atom. The molecule has 0 saturated carbocycles. The van der Waals surface area contributed by atoms with Gasteiger partial charge in [-0.15, -0.1) is 0 Å². The van der Waals surface area contributed by atoms with Crippen LogP contribution in [-0.4, -0.2) is 10.5 Å². The Morgan fingerprint density at radius 1 is 0.960 bits per heavy atom. The maximum atomic E-state index is 12.3. The molecule has 1 amide bonds. The Hall–Kier alpha value is -3.11. The number of amides is 1. The van der Waals surface area contributed by atoms with E-state index in [0.717, 1.165) is 16.6 Å². The van der Waals surface area contributed by atoms with Crippen LogP contribution >= 0.6 is 0 Å². The third-order valence-electron chi connectivity index (χ3n) is 4.80. The highest BCUT2D eigenvalue weighted by molar-refractivity contribution is 6.08. The molecule has 0 unspecified atom stereocenters. The average Bonchev–Trinajstić information content (AvgIpc) is 2.93. The lowest BCUT2D eigenvalue weighted by atomic mass is 10.0. The van der Waals surface area contributed by atoms with E-state index in [9.17, 15) is 4.79 Å². The molecule has 3 aromatic carbocycles. The van der Waals surface area contributed by atoms with Crippen LogP contribution in [0.1, 0.15) is 21.6 Å². The van der Waals surface area contributed by atoms with Crippen molar-refractivity contribution in [2.24, 2.45) is 5.84 Å². The second kappa shape index (κ2) is 6.07. The van der Waals surface area contributed by atoms with Crippen molar-refractivity contribution in [3.8, 4) is 0 Å². The number of fused-ring (bicyclic) bond motifs is 2. The summed E-state index contributed by atoms with van der Waals surface area (Å²) >= 11 is 0. The smallest absolute Gasteiger partial charge is 0.267 e. The van der Waals surface area contributed by atoms with Crippen LogP contribution in [0, 0.1) is 6.92 Å². The van der Waals surface area contributed by atoms with Crippen molar-refractivity contribution in [2.45, 2.75) is 13.5 Å². The van der Waals surface area contributed by atoms with E-state index in [4.69, 9.17) is 5.84 Å². The first-order chi connectivity index (χ1) is 12.2. The van der Waals surface area contributed by atoms with Gasteiger partial charge in [0.2, 0.25) is 0 Å². The zero-order chi connectivity index (χ0) is 17.4. The molecular weight excluding hydrogens is 310 g/mol. The number of rotatable bonds is 3. The van der Waals surface area contributed by atoms with Crippen molar-refractivity contribution in [1.29, 1.82) is 0 Å². The summed E-state index contributed by atoms with van der Waals surface area (Å²) in [5.41, 5.74) is 6.08. The number of benzene rings is 3. The van der Waals surface area contributed by atoms with Crippen LogP contribution in [0.4, 0.5) is 0 Å². The minimum Gasteiger partial charge on any atom is -0.340 e. The number of nitrogens with two attached hydrogens (primary N) is 1. The van der Waals surface area contributed by atoms with Gasteiger partial charge in [-0.3, -0.25) is 10.2 Å². The van der Waals surface area contributed by atoms with E-state index in [-0.39, 0.29) is 5.91 Å². The van der Waals surface area contributed by atoms with Crippen molar-refractivity contribution in [3.63, 3.8) is 0 Å². The van der Waals surface area contributed by atoms with E-state index >= 15 is 0 Å². The van der Waals surface area contributed by atoms with Gasteiger partial charge >= 0.3 is 0 Å². The number of hydrogen-bond donors (Lipinski definition) is 2. The number of aromatic nitrogens is 1. The van der Waals surface area contributed by atoms with E-state index in [1.165, 1.54) is 16.3 Å². The molecule has 25 heavy (non-hydrogen) atoms. The molecule has 0 spiro atoms. The molecule has 0 bridgehead atoms. The minimum atomic E-state index is -0.259. The first-order valence-electron chi connectivity index (χ1n) is 8.26. The normalized spacial score (nSPS) is 11.1. The van der Waals surface area contributed by atoms with Gasteiger partial charge in [0.1, 0.15) is 0 Å². The molecule has 4 nitrogen and oxygen atoms in total. The molecule has 0 aliphatic rings. The van der Waals surface area contributed by atoms with Gasteiger partial charge in [0.15, 0.2) is 0 Å². The number of nitrogens with zero attached hydrogens (tertiary/aromatic N) is 1. The molecule has 0 saturated heterocycles. The van der Waals surface area contributed by atoms with Crippen molar-refractivity contribution in [3.05, 3.63) is 83.6 Å². The standard InChI is InChI=1S/C21H19N3O/c1-14-20(21(25)23-22)18-11-4-5-12-19(18)24(14)13-16-9-6-8-15-7-2-3-10-17(15)16/h2-12H,13,22H2,1H3,(H,23,25). The van der Waals surface area contributed by atoms with Crippen LogP contribution in [0.2, 0.25) is 0 Å². The molecule has 0 aliphatic heterocycles. The Labute approximate surface area is 145 Å². The van der Waals surface area contributed by atoms with E-state index in [1.807, 2.05) is 37.3 Å². The molecule has 4 aromatic rings. The number of hydrazine groups is 1. The lowest BCUT2D eigenvalue weighted by Crippen LogP contribution is -2.30. The minimum absolute atomic E-state index is 0.259. The van der Waals surface area contributed by atoms with Gasteiger partial charge in [0.25, 0.3) is 5.91 Å². The lowest BCUT2D eigenvalue weighted by Gasteiger charge is -2.11. The van der Waals surface area contributed by atoms with E-state index in [0.29, 0.717) is 12.1 Å². The van der Waals surface area contributed by atoms with E-state index in [2.05, 4.69) is 46.4 Å². The van der Waals surface area contributed by atoms with Gasteiger partial charge in [-0.25, -0.2) is 5.84 Å². The number of carbonyl (C=O) groups is 1. The van der Waals surface area contributed by atoms with Crippen molar-refractivity contribution >= 4 is 27.6 Å². The predicted octanol–water partition coefficient (Wildman–Crippen LogP) is 3.75. The summed E-state index contributed by atoms with van der Waals surface area (Å²) in [6.45, 7) is 2.67. The van der Waals surface area contributed by atoms with Gasteiger partial charge in [0, 0.05) is 23.1 Å². The molecule has 4 rings (SSSR count). The van der Waals surface area contributed by atoms with Crippen molar-refractivity contribution in [1.82, 2.24) is 9.99 Å². The van der Waals surface area contributed by atoms with Gasteiger partial charge in [-0.2, -0.15) is 0 Å². The molecule has 0 atom stereocenters. The number of nitrogen functional groups attached to an aromatic ring is 1. The summed E-state index contributed by atoms with van der Waals surface area (Å²) < 4.78 is 2.18. The van der Waals surface area contributed by atoms with Crippen LogP contribution in [0.15, 0.2) is 66.7 Å². The van der Waals surface area contributed by atoms with Gasteiger partial charge in [-0.05, 0) is 29.3 Å². The second-order valence-electron chi connectivity index (χ2n) is 6.18. The molecule has 0 fully saturated rings. The molecule has 1 aromatic heterocycles. The van der Waals surface area contributed by atoms with Gasteiger partial charge in [-0.1, -0.05) is 60.7 Å². The zero-order valence-electron chi connectivity index (χ0n) is 14.0. The summed E-state index contributed by atoms with van der Waals surface area (Å²) in [6.07, 6.45) is 0. The molecule has 124 valence electrons. The predicted molar refractivity (Wildman–Crippen MR) is 101 cm³/mol. The van der Waals surface area contributed by atoms with Crippen LogP contribution in [0.25, 0.3) is 21.7 Å². The molecule has 3 N–H and O–H groups in total. The average molecular weight is 329 g/mol. The SMILES string of the molecule is Cc1c(C(=O)NN)c2ccccc2n1Cc1cccc2ccccc12. The largest absolute Gasteiger partial charge is 0.340 e. The van der Waals surface area contributed by atoms with E-state index < -0.39 is 0 Å². The summed E-state index contributed by atoms with van der Waals surface area (Å²) in [6, 6.07) is 22.6. The van der Waals surface area contributed by atoms with Crippen molar-refractivity contribution in [2.75, 3.05) is 0 Å². The monoisotopic (exact) mass is 329 g/mol. The molecule has 0 radical (unpaired) electrons. The quantitative estimate of drug-likeness (QED) is 0.342. The molecule has 1 heterocycles. The fourth-order valence-electron chi connectivity index (χ4n) is 3.59. The van der Waals surface area contributed by atoms with Crippen LogP contribution in [0.5, 0.6) is 0 Å². The van der Waals surface area contributed by atoms with Crippen LogP contribution in [0.3, 0.4) is 0 Å². The highest BCUT2D eigenvalue weighted by Gasteiger charge is 2.19. The fourth-order valence-corrected chi connectivity index (χ4v) is 3.59. The third kappa shape index (κ3) is 2.47. The number of hydrogen-bond acceptors (Lipinski definition) is 2. The Morgan fingerprint density at radius 2 is 1.64 bits per heavy atom. The van der Waals surface area contributed by atoms with E-state index in [1.54, 1.807) is 0 Å². The summed E-state index contributed by atoms with van der Waals surface area (Å²) in [5.74, 6) is 5.13. The molecule has 0 aliphatic carbocycles. The molecular formula is C21H19N3O. The Kier molecular flexibility index (Phi) is 3.75. The third-order valence-corrected chi connectivity index (χ3v) is 4.80. The first kappa shape index (κ1) is 15.4. The van der Waals surface area contributed by atoms with Crippen LogP contribution in [-0.2, 0) is 6.54 Å². The van der Waals surface area contributed by atoms with Crippen LogP contribution < -0.4 is 11.3 Å². The Bertz CT molecular complexity index is 1090. The Balaban J connectivity index is 1.93. The number of para-hydroxylation sites is 1. The summed E-state index contributed by atoms with van der Waals surface area (Å²) in [4.78, 5) is 12.3. The zero-order valence-corrected chi connectivity index (χ0v) is 14.0. The first-order valence-corrected chi connectivity index (χ1v) is 8.26. The second-order valence-corrected chi connectivity index (χ2v) is 6.18. The highest BCUT2D eigenvalue weighted by atomic mass is 16.2. The summed E-state index contributed by atoms with van der Waals surface area (Å²) in [5, 5.41) is 3.37. The summed E-state index contributed by atoms with van der Waals surface area (Å²) in [7, 11) is 0. The maximum absolute atomic E-state index is 12.3. The number of nitrogens with one attached hydrogen (secondary N) is 1. The number of carbonyl (C=O) groups excluding carboxylic acids is 1. The van der Waals surface area contributed by atoms with Gasteiger partial charge < -0.3 is 4.57 Å². The maximum Gasteiger partial charge on any atom is 0.267 e. The van der Waals surface area contributed by atoms with Gasteiger partial charge in [0.05, 0.1) is 5.56 Å². The van der Waals surface area contributed by atoms with Crippen molar-refractivity contribution < 1.29 is 4.79 Å². The topological polar surface area (TPSA) is 60.1 Å². The highest BCUT2D eigenvalue weighted by Crippen LogP contribution is 2.28. The lowest BCUT2D eigenvalue weighted by molar-refractivity contribution is 0.0954.